The first-order chi connectivity index (χ1) is 11.2. The summed E-state index contributed by atoms with van der Waals surface area (Å²) in [7, 11) is 0. The molecule has 1 heterocycles. The molecule has 2 saturated carbocycles. The maximum Gasteiger partial charge on any atom is 0.325 e. The standard InChI is InChI=1S/C18H29N3O3/c1-12-8-17(2,3)11-18(9-12)15(23)21(16(24)20-18)10-14(22)19-13-6-4-5-7-13/h12-13H,4-11H2,1-3H3,(H,19,22)(H,20,24)/t12-,18+/m0/s1. The van der Waals surface area contributed by atoms with Gasteiger partial charge >= 0.3 is 6.03 Å². The van der Waals surface area contributed by atoms with Crippen LogP contribution in [0.4, 0.5) is 4.79 Å². The quantitative estimate of drug-likeness (QED) is 0.776. The number of nitrogens with zero attached hydrogens (tertiary/aromatic N) is 1. The summed E-state index contributed by atoms with van der Waals surface area (Å²) in [6.45, 7) is 6.23. The topological polar surface area (TPSA) is 78.5 Å². The van der Waals surface area contributed by atoms with Gasteiger partial charge in [-0.25, -0.2) is 4.79 Å². The highest BCUT2D eigenvalue weighted by atomic mass is 16.2. The van der Waals surface area contributed by atoms with Gasteiger partial charge in [0, 0.05) is 6.04 Å². The van der Waals surface area contributed by atoms with Gasteiger partial charge in [0.2, 0.25) is 5.91 Å². The predicted octanol–water partition coefficient (Wildman–Crippen LogP) is 2.18. The van der Waals surface area contributed by atoms with Crippen LogP contribution in [0.25, 0.3) is 0 Å². The number of amides is 4. The van der Waals surface area contributed by atoms with E-state index in [1.807, 2.05) is 0 Å². The summed E-state index contributed by atoms with van der Waals surface area (Å²) in [6.07, 6.45) is 6.56. The lowest BCUT2D eigenvalue weighted by molar-refractivity contribution is -0.137. The molecule has 2 N–H and O–H groups in total. The van der Waals surface area contributed by atoms with E-state index in [1.54, 1.807) is 0 Å². The highest BCUT2D eigenvalue weighted by molar-refractivity contribution is 6.09. The van der Waals surface area contributed by atoms with Gasteiger partial charge in [-0.15, -0.1) is 0 Å². The molecule has 134 valence electrons. The van der Waals surface area contributed by atoms with Crippen LogP contribution in [0, 0.1) is 11.3 Å². The molecule has 1 spiro atoms. The highest BCUT2D eigenvalue weighted by Gasteiger charge is 2.56. The normalized spacial score (nSPS) is 33.1. The van der Waals surface area contributed by atoms with Crippen molar-refractivity contribution < 1.29 is 14.4 Å². The molecule has 1 aliphatic heterocycles. The zero-order chi connectivity index (χ0) is 17.5. The number of hydrogen-bond acceptors (Lipinski definition) is 3. The van der Waals surface area contributed by atoms with Crippen molar-refractivity contribution in [3.63, 3.8) is 0 Å². The first kappa shape index (κ1) is 17.2. The summed E-state index contributed by atoms with van der Waals surface area (Å²) in [4.78, 5) is 38.7. The minimum atomic E-state index is -0.827. The van der Waals surface area contributed by atoms with E-state index in [-0.39, 0.29) is 29.8 Å². The summed E-state index contributed by atoms with van der Waals surface area (Å²) < 4.78 is 0. The van der Waals surface area contributed by atoms with Gasteiger partial charge < -0.3 is 10.6 Å². The summed E-state index contributed by atoms with van der Waals surface area (Å²) in [6, 6.07) is -0.229. The summed E-state index contributed by atoms with van der Waals surface area (Å²) in [5.74, 6) is -0.0930. The maximum atomic E-state index is 13.0. The summed E-state index contributed by atoms with van der Waals surface area (Å²) in [5, 5.41) is 5.86. The molecule has 0 aromatic carbocycles. The van der Waals surface area contributed by atoms with Crippen LogP contribution in [0.5, 0.6) is 0 Å². The van der Waals surface area contributed by atoms with E-state index in [1.165, 1.54) is 0 Å². The van der Waals surface area contributed by atoms with Gasteiger partial charge in [0.15, 0.2) is 0 Å². The molecule has 6 heteroatoms. The van der Waals surface area contributed by atoms with E-state index in [0.717, 1.165) is 37.0 Å². The largest absolute Gasteiger partial charge is 0.352 e. The van der Waals surface area contributed by atoms with Gasteiger partial charge in [0.05, 0.1) is 0 Å². The second kappa shape index (κ2) is 6.05. The molecule has 2 aliphatic carbocycles. The molecule has 0 aromatic heterocycles. The zero-order valence-electron chi connectivity index (χ0n) is 15.0. The number of urea groups is 1. The van der Waals surface area contributed by atoms with E-state index < -0.39 is 11.6 Å². The fourth-order valence-corrected chi connectivity index (χ4v) is 5.14. The summed E-state index contributed by atoms with van der Waals surface area (Å²) >= 11 is 0. The Kier molecular flexibility index (Phi) is 4.34. The van der Waals surface area contributed by atoms with E-state index in [2.05, 4.69) is 31.4 Å². The second-order valence-electron chi connectivity index (χ2n) is 8.81. The van der Waals surface area contributed by atoms with E-state index in [0.29, 0.717) is 18.8 Å². The van der Waals surface area contributed by atoms with Gasteiger partial charge in [-0.2, -0.15) is 0 Å². The molecule has 0 bridgehead atoms. The van der Waals surface area contributed by atoms with Gasteiger partial charge in [-0.1, -0.05) is 33.6 Å². The number of nitrogens with one attached hydrogen (secondary N) is 2. The van der Waals surface area contributed by atoms with Crippen molar-refractivity contribution in [1.29, 1.82) is 0 Å². The van der Waals surface area contributed by atoms with Crippen LogP contribution in [0.3, 0.4) is 0 Å². The van der Waals surface area contributed by atoms with E-state index in [4.69, 9.17) is 0 Å². The Morgan fingerprint density at radius 1 is 1.25 bits per heavy atom. The van der Waals surface area contributed by atoms with Crippen LogP contribution in [-0.4, -0.2) is 40.9 Å². The molecule has 2 atom stereocenters. The van der Waals surface area contributed by atoms with Crippen LogP contribution < -0.4 is 10.6 Å². The van der Waals surface area contributed by atoms with Crippen LogP contribution in [-0.2, 0) is 9.59 Å². The van der Waals surface area contributed by atoms with E-state index >= 15 is 0 Å². The van der Waals surface area contributed by atoms with Crippen molar-refractivity contribution in [2.75, 3.05) is 6.54 Å². The van der Waals surface area contributed by atoms with Crippen molar-refractivity contribution in [2.45, 2.75) is 77.3 Å². The first-order valence-corrected chi connectivity index (χ1v) is 9.14. The third kappa shape index (κ3) is 3.28. The van der Waals surface area contributed by atoms with Gasteiger partial charge in [-0.3, -0.25) is 14.5 Å². The number of carbonyl (C=O) groups is 3. The third-order valence-corrected chi connectivity index (χ3v) is 5.65. The van der Waals surface area contributed by atoms with Crippen molar-refractivity contribution >= 4 is 17.8 Å². The van der Waals surface area contributed by atoms with Gasteiger partial charge in [-0.05, 0) is 43.4 Å². The average molecular weight is 335 g/mol. The highest BCUT2D eigenvalue weighted by Crippen LogP contribution is 2.46. The van der Waals surface area contributed by atoms with Crippen molar-refractivity contribution in [3.05, 3.63) is 0 Å². The Bertz CT molecular complexity index is 554. The predicted molar refractivity (Wildman–Crippen MR) is 90.2 cm³/mol. The molecule has 0 unspecified atom stereocenters. The molecule has 1 saturated heterocycles. The van der Waals surface area contributed by atoms with E-state index in [9.17, 15) is 14.4 Å². The Hall–Kier alpha value is -1.59. The minimum absolute atomic E-state index is 0.00270. The lowest BCUT2D eigenvalue weighted by atomic mass is 9.64. The molecule has 3 rings (SSSR count). The zero-order valence-corrected chi connectivity index (χ0v) is 15.0. The fourth-order valence-electron chi connectivity index (χ4n) is 5.14. The fraction of sp³-hybridized carbons (Fsp3) is 0.833. The molecule has 24 heavy (non-hydrogen) atoms. The van der Waals surface area contributed by atoms with Crippen LogP contribution in [0.2, 0.25) is 0 Å². The van der Waals surface area contributed by atoms with Crippen LogP contribution >= 0.6 is 0 Å². The molecule has 3 fully saturated rings. The second-order valence-corrected chi connectivity index (χ2v) is 8.81. The molecular weight excluding hydrogens is 306 g/mol. The van der Waals surface area contributed by atoms with Crippen LogP contribution in [0.15, 0.2) is 0 Å². The molecular formula is C18H29N3O3. The first-order valence-electron chi connectivity index (χ1n) is 9.14. The minimum Gasteiger partial charge on any atom is -0.352 e. The molecule has 0 aromatic rings. The number of carbonyl (C=O) groups excluding carboxylic acids is 3. The van der Waals surface area contributed by atoms with Crippen LogP contribution in [0.1, 0.15) is 65.7 Å². The van der Waals surface area contributed by atoms with Crippen molar-refractivity contribution in [1.82, 2.24) is 15.5 Å². The Balaban J connectivity index is 1.68. The Morgan fingerprint density at radius 2 is 1.92 bits per heavy atom. The molecule has 6 nitrogen and oxygen atoms in total. The molecule has 4 amide bonds. The number of rotatable bonds is 3. The number of imide groups is 1. The SMILES string of the molecule is C[C@H]1CC(C)(C)C[C@@]2(C1)NC(=O)N(CC(=O)NC1CCCC1)C2=O. The molecule has 3 aliphatic rings. The van der Waals surface area contributed by atoms with Crippen molar-refractivity contribution in [2.24, 2.45) is 11.3 Å². The van der Waals surface area contributed by atoms with Gasteiger partial charge in [0.1, 0.15) is 12.1 Å². The maximum absolute atomic E-state index is 13.0. The third-order valence-electron chi connectivity index (χ3n) is 5.65. The van der Waals surface area contributed by atoms with Crippen molar-refractivity contribution in [3.8, 4) is 0 Å². The van der Waals surface area contributed by atoms with Gasteiger partial charge in [0.25, 0.3) is 5.91 Å². The number of hydrogen-bond donors (Lipinski definition) is 2. The molecule has 0 radical (unpaired) electrons. The lowest BCUT2D eigenvalue weighted by Crippen LogP contribution is -2.54. The Morgan fingerprint density at radius 3 is 2.54 bits per heavy atom. The lowest BCUT2D eigenvalue weighted by Gasteiger charge is -2.43. The summed E-state index contributed by atoms with van der Waals surface area (Å²) in [5.41, 5.74) is -0.825. The smallest absolute Gasteiger partial charge is 0.325 e. The Labute approximate surface area is 143 Å². The monoisotopic (exact) mass is 335 g/mol. The average Bonchev–Trinajstić information content (AvgIpc) is 3.00.